The summed E-state index contributed by atoms with van der Waals surface area (Å²) in [7, 11) is 0. The predicted octanol–water partition coefficient (Wildman–Crippen LogP) is 3.54. The van der Waals surface area contributed by atoms with Crippen LogP contribution in [0.25, 0.3) is 21.7 Å². The zero-order chi connectivity index (χ0) is 13.5. The minimum atomic E-state index is 0.361. The molecule has 100 valence electrons. The topological polar surface area (TPSA) is 64.9 Å². The Balaban J connectivity index is 1.87. The Labute approximate surface area is 120 Å². The van der Waals surface area contributed by atoms with Crippen LogP contribution in [-0.4, -0.2) is 10.1 Å². The van der Waals surface area contributed by atoms with Crippen molar-refractivity contribution in [1.82, 2.24) is 10.1 Å². The number of nitrogen functional groups attached to an aromatic ring is 1. The average Bonchev–Trinajstić information content (AvgIpc) is 3.12. The molecule has 0 atom stereocenters. The van der Waals surface area contributed by atoms with E-state index >= 15 is 0 Å². The van der Waals surface area contributed by atoms with Crippen LogP contribution in [0.2, 0.25) is 0 Å². The number of aromatic nitrogens is 2. The van der Waals surface area contributed by atoms with Crippen molar-refractivity contribution >= 4 is 17.2 Å². The molecule has 3 aromatic rings. The Kier molecular flexibility index (Phi) is 2.60. The molecular formula is C15H13N3OS. The first-order valence-electron chi connectivity index (χ1n) is 6.60. The number of anilines is 1. The van der Waals surface area contributed by atoms with Gasteiger partial charge >= 0.3 is 0 Å². The summed E-state index contributed by atoms with van der Waals surface area (Å²) in [4.78, 5) is 6.65. The van der Waals surface area contributed by atoms with E-state index in [2.05, 4.69) is 16.2 Å². The van der Waals surface area contributed by atoms with Crippen LogP contribution in [0.3, 0.4) is 0 Å². The Morgan fingerprint density at radius 1 is 1.20 bits per heavy atom. The smallest absolute Gasteiger partial charge is 0.230 e. The second-order valence-corrected chi connectivity index (χ2v) is 6.06. The van der Waals surface area contributed by atoms with Crippen molar-refractivity contribution in [2.75, 3.05) is 5.73 Å². The lowest BCUT2D eigenvalue weighted by atomic mass is 10.1. The third kappa shape index (κ3) is 1.74. The van der Waals surface area contributed by atoms with Gasteiger partial charge < -0.3 is 10.3 Å². The first-order chi connectivity index (χ1) is 9.83. The van der Waals surface area contributed by atoms with E-state index in [0.29, 0.717) is 5.88 Å². The van der Waals surface area contributed by atoms with E-state index in [0.717, 1.165) is 21.7 Å². The molecule has 0 aromatic carbocycles. The Bertz CT molecular complexity index is 739. The van der Waals surface area contributed by atoms with Gasteiger partial charge in [-0.25, -0.2) is 0 Å². The van der Waals surface area contributed by atoms with Crippen molar-refractivity contribution in [3.8, 4) is 21.7 Å². The fourth-order valence-corrected chi connectivity index (χ4v) is 3.96. The van der Waals surface area contributed by atoms with E-state index in [4.69, 9.17) is 10.3 Å². The number of fused-ring (bicyclic) bond motifs is 1. The maximum absolute atomic E-state index is 5.96. The highest BCUT2D eigenvalue weighted by Gasteiger charge is 2.22. The molecule has 0 saturated heterocycles. The number of hydrogen-bond donors (Lipinski definition) is 1. The number of aryl methyl sites for hydroxylation is 2. The molecule has 0 spiro atoms. The molecule has 0 unspecified atom stereocenters. The van der Waals surface area contributed by atoms with Gasteiger partial charge in [-0.3, -0.25) is 4.98 Å². The van der Waals surface area contributed by atoms with E-state index in [1.54, 1.807) is 23.7 Å². The van der Waals surface area contributed by atoms with Gasteiger partial charge in [-0.2, -0.15) is 0 Å². The quantitative estimate of drug-likeness (QED) is 0.781. The van der Waals surface area contributed by atoms with Crippen molar-refractivity contribution in [3.63, 3.8) is 0 Å². The summed E-state index contributed by atoms with van der Waals surface area (Å²) in [5, 5.41) is 4.17. The normalized spacial score (nSPS) is 13.6. The van der Waals surface area contributed by atoms with Crippen LogP contribution in [0.15, 0.2) is 35.1 Å². The Morgan fingerprint density at radius 2 is 2.05 bits per heavy atom. The molecule has 0 saturated carbocycles. The fraction of sp³-hybridized carbons (Fsp3) is 0.200. The van der Waals surface area contributed by atoms with Crippen LogP contribution in [-0.2, 0) is 12.8 Å². The first kappa shape index (κ1) is 11.7. The lowest BCUT2D eigenvalue weighted by molar-refractivity contribution is 0.439. The van der Waals surface area contributed by atoms with Crippen molar-refractivity contribution in [2.45, 2.75) is 19.3 Å². The van der Waals surface area contributed by atoms with E-state index in [9.17, 15) is 0 Å². The molecule has 0 radical (unpaired) electrons. The van der Waals surface area contributed by atoms with E-state index in [-0.39, 0.29) is 0 Å². The molecular weight excluding hydrogens is 270 g/mol. The number of pyridine rings is 1. The summed E-state index contributed by atoms with van der Waals surface area (Å²) in [6.45, 7) is 0. The van der Waals surface area contributed by atoms with E-state index < -0.39 is 0 Å². The highest BCUT2D eigenvalue weighted by atomic mass is 32.1. The van der Waals surface area contributed by atoms with Gasteiger partial charge in [0.05, 0.1) is 10.4 Å². The summed E-state index contributed by atoms with van der Waals surface area (Å²) in [5.74, 6) is 0.361. The fourth-order valence-electron chi connectivity index (χ4n) is 2.71. The minimum Gasteiger partial charge on any atom is -0.367 e. The van der Waals surface area contributed by atoms with Gasteiger partial charge in [0.2, 0.25) is 5.88 Å². The number of nitrogens with two attached hydrogens (primary N) is 1. The van der Waals surface area contributed by atoms with Crippen LogP contribution < -0.4 is 5.73 Å². The number of thiophene rings is 1. The summed E-state index contributed by atoms with van der Waals surface area (Å²) in [6.07, 6.45) is 7.11. The maximum atomic E-state index is 5.96. The van der Waals surface area contributed by atoms with Crippen LogP contribution in [0.1, 0.15) is 16.9 Å². The summed E-state index contributed by atoms with van der Waals surface area (Å²) in [5.41, 5.74) is 10.1. The monoisotopic (exact) mass is 283 g/mol. The number of nitrogens with zero attached hydrogens (tertiary/aromatic N) is 2. The standard InChI is InChI=1S/C15H13N3OS/c16-15-13(9-4-6-17-7-5-9)14(18-19-15)12-8-10-2-1-3-11(10)20-12/h4-8H,1-3,16H2. The number of hydrogen-bond acceptors (Lipinski definition) is 5. The molecule has 2 N–H and O–H groups in total. The Hall–Kier alpha value is -2.14. The molecule has 4 rings (SSSR count). The number of rotatable bonds is 2. The zero-order valence-electron chi connectivity index (χ0n) is 10.8. The van der Waals surface area contributed by atoms with Gasteiger partial charge in [0, 0.05) is 17.3 Å². The van der Waals surface area contributed by atoms with Crippen LogP contribution in [0.5, 0.6) is 0 Å². The van der Waals surface area contributed by atoms with E-state index in [1.807, 2.05) is 12.1 Å². The second kappa shape index (κ2) is 4.45. The lowest BCUT2D eigenvalue weighted by Crippen LogP contribution is -1.87. The highest BCUT2D eigenvalue weighted by Crippen LogP contribution is 2.42. The van der Waals surface area contributed by atoms with Crippen LogP contribution in [0.4, 0.5) is 5.88 Å². The molecule has 0 bridgehead atoms. The van der Waals surface area contributed by atoms with Gasteiger partial charge in [-0.05, 0) is 48.6 Å². The average molecular weight is 283 g/mol. The highest BCUT2D eigenvalue weighted by molar-refractivity contribution is 7.15. The first-order valence-corrected chi connectivity index (χ1v) is 7.42. The molecule has 20 heavy (non-hydrogen) atoms. The predicted molar refractivity (Wildman–Crippen MR) is 79.5 cm³/mol. The van der Waals surface area contributed by atoms with Gasteiger partial charge in [-0.1, -0.05) is 5.16 Å². The molecule has 0 aliphatic heterocycles. The van der Waals surface area contributed by atoms with Gasteiger partial charge in [0.1, 0.15) is 5.69 Å². The lowest BCUT2D eigenvalue weighted by Gasteiger charge is -2.00. The summed E-state index contributed by atoms with van der Waals surface area (Å²) < 4.78 is 5.22. The molecule has 3 aromatic heterocycles. The Morgan fingerprint density at radius 3 is 2.85 bits per heavy atom. The van der Waals surface area contributed by atoms with Crippen LogP contribution >= 0.6 is 11.3 Å². The van der Waals surface area contributed by atoms with Crippen molar-refractivity contribution in [1.29, 1.82) is 0 Å². The SMILES string of the molecule is Nc1onc(-c2cc3c(s2)CCC3)c1-c1ccncc1. The summed E-state index contributed by atoms with van der Waals surface area (Å²) in [6, 6.07) is 6.08. The molecule has 0 amide bonds. The molecule has 1 aliphatic carbocycles. The minimum absolute atomic E-state index is 0.361. The third-order valence-corrected chi connectivity index (χ3v) is 4.91. The van der Waals surface area contributed by atoms with Gasteiger partial charge in [0.25, 0.3) is 0 Å². The third-order valence-electron chi connectivity index (χ3n) is 3.67. The maximum Gasteiger partial charge on any atom is 0.230 e. The van der Waals surface area contributed by atoms with Crippen LogP contribution in [0, 0.1) is 0 Å². The van der Waals surface area contributed by atoms with E-state index in [1.165, 1.54) is 29.7 Å². The van der Waals surface area contributed by atoms with Crippen molar-refractivity contribution in [2.24, 2.45) is 0 Å². The molecule has 0 fully saturated rings. The van der Waals surface area contributed by atoms with Gasteiger partial charge in [-0.15, -0.1) is 11.3 Å². The second-order valence-electron chi connectivity index (χ2n) is 4.92. The van der Waals surface area contributed by atoms with Gasteiger partial charge in [0.15, 0.2) is 0 Å². The largest absolute Gasteiger partial charge is 0.367 e. The molecule has 5 heteroatoms. The molecule has 3 heterocycles. The molecule has 1 aliphatic rings. The summed E-state index contributed by atoms with van der Waals surface area (Å²) >= 11 is 1.80. The van der Waals surface area contributed by atoms with Crippen molar-refractivity contribution < 1.29 is 4.52 Å². The zero-order valence-corrected chi connectivity index (χ0v) is 11.6. The van der Waals surface area contributed by atoms with Crippen molar-refractivity contribution in [3.05, 3.63) is 41.0 Å². The molecule has 4 nitrogen and oxygen atoms in total.